The molecule has 22 heavy (non-hydrogen) atoms. The van der Waals surface area contributed by atoms with Gasteiger partial charge in [0.05, 0.1) is 12.5 Å². The van der Waals surface area contributed by atoms with E-state index >= 15 is 0 Å². The summed E-state index contributed by atoms with van der Waals surface area (Å²) in [4.78, 5) is 12.2. The van der Waals surface area contributed by atoms with Crippen molar-refractivity contribution in [2.45, 2.75) is 19.8 Å². The van der Waals surface area contributed by atoms with E-state index in [0.717, 1.165) is 23.5 Å². The Morgan fingerprint density at radius 2 is 1.77 bits per heavy atom. The SMILES string of the molecule is COc1ccc(CCc2cc(=O)c3cc(C)ccc3o2)cc1. The summed E-state index contributed by atoms with van der Waals surface area (Å²) >= 11 is 0. The van der Waals surface area contributed by atoms with Crippen molar-refractivity contribution in [2.75, 3.05) is 7.11 Å². The summed E-state index contributed by atoms with van der Waals surface area (Å²) < 4.78 is 11.0. The first kappa shape index (κ1) is 14.4. The molecule has 1 aromatic heterocycles. The highest BCUT2D eigenvalue weighted by molar-refractivity contribution is 5.77. The number of fused-ring (bicyclic) bond motifs is 1. The molecule has 0 fully saturated rings. The number of hydrogen-bond donors (Lipinski definition) is 0. The maximum absolute atomic E-state index is 12.2. The summed E-state index contributed by atoms with van der Waals surface area (Å²) in [5.74, 6) is 1.56. The quantitative estimate of drug-likeness (QED) is 0.732. The molecule has 112 valence electrons. The molecule has 0 aliphatic rings. The molecule has 1 heterocycles. The van der Waals surface area contributed by atoms with Crippen LogP contribution in [0.15, 0.2) is 57.7 Å². The molecule has 0 N–H and O–H groups in total. The zero-order valence-electron chi connectivity index (χ0n) is 12.8. The second kappa shape index (κ2) is 6.06. The smallest absolute Gasteiger partial charge is 0.192 e. The van der Waals surface area contributed by atoms with E-state index in [0.29, 0.717) is 17.4 Å². The van der Waals surface area contributed by atoms with Gasteiger partial charge in [0.25, 0.3) is 0 Å². The Kier molecular flexibility index (Phi) is 3.96. The van der Waals surface area contributed by atoms with Crippen molar-refractivity contribution in [3.8, 4) is 5.75 Å². The number of aryl methyl sites for hydroxylation is 3. The van der Waals surface area contributed by atoms with Crippen molar-refractivity contribution in [2.24, 2.45) is 0 Å². The largest absolute Gasteiger partial charge is 0.497 e. The van der Waals surface area contributed by atoms with E-state index in [9.17, 15) is 4.79 Å². The summed E-state index contributed by atoms with van der Waals surface area (Å²) in [5.41, 5.74) is 2.93. The average Bonchev–Trinajstić information content (AvgIpc) is 2.54. The van der Waals surface area contributed by atoms with E-state index in [1.54, 1.807) is 13.2 Å². The van der Waals surface area contributed by atoms with Crippen LogP contribution in [0.3, 0.4) is 0 Å². The Hall–Kier alpha value is -2.55. The van der Waals surface area contributed by atoms with E-state index in [2.05, 4.69) is 0 Å². The second-order valence-electron chi connectivity index (χ2n) is 5.42. The molecular formula is C19H18O3. The first-order valence-corrected chi connectivity index (χ1v) is 7.32. The van der Waals surface area contributed by atoms with E-state index in [1.807, 2.05) is 49.4 Å². The predicted molar refractivity (Wildman–Crippen MR) is 87.6 cm³/mol. The molecule has 0 unspecified atom stereocenters. The van der Waals surface area contributed by atoms with Gasteiger partial charge in [0, 0.05) is 12.5 Å². The van der Waals surface area contributed by atoms with Gasteiger partial charge in [0.2, 0.25) is 0 Å². The third kappa shape index (κ3) is 3.03. The van der Waals surface area contributed by atoms with Gasteiger partial charge in [-0.3, -0.25) is 4.79 Å². The molecule has 0 radical (unpaired) electrons. The lowest BCUT2D eigenvalue weighted by atomic mass is 10.1. The first-order chi connectivity index (χ1) is 10.7. The van der Waals surface area contributed by atoms with Crippen LogP contribution < -0.4 is 10.2 Å². The summed E-state index contributed by atoms with van der Waals surface area (Å²) in [7, 11) is 1.65. The molecule has 3 heteroatoms. The zero-order valence-corrected chi connectivity index (χ0v) is 12.8. The van der Waals surface area contributed by atoms with Gasteiger partial charge in [0.1, 0.15) is 17.1 Å². The number of methoxy groups -OCH3 is 1. The molecule has 3 aromatic rings. The number of benzene rings is 2. The maximum Gasteiger partial charge on any atom is 0.192 e. The molecule has 0 atom stereocenters. The highest BCUT2D eigenvalue weighted by atomic mass is 16.5. The molecule has 0 bridgehead atoms. The minimum absolute atomic E-state index is 0.0229. The molecule has 3 nitrogen and oxygen atoms in total. The summed E-state index contributed by atoms with van der Waals surface area (Å²) in [6.45, 7) is 1.97. The molecule has 0 saturated heterocycles. The molecule has 0 aliphatic carbocycles. The predicted octanol–water partition coefficient (Wildman–Crippen LogP) is 3.90. The summed E-state index contributed by atoms with van der Waals surface area (Å²) in [6, 6.07) is 15.2. The minimum Gasteiger partial charge on any atom is -0.497 e. The van der Waals surface area contributed by atoms with Gasteiger partial charge in [-0.25, -0.2) is 0 Å². The molecule has 0 amide bonds. The molecule has 2 aromatic carbocycles. The van der Waals surface area contributed by atoms with Gasteiger partial charge in [0.15, 0.2) is 5.43 Å². The third-order valence-electron chi connectivity index (χ3n) is 3.75. The van der Waals surface area contributed by atoms with Crippen LogP contribution in [-0.2, 0) is 12.8 Å². The lowest BCUT2D eigenvalue weighted by Crippen LogP contribution is -2.03. The number of ether oxygens (including phenoxy) is 1. The zero-order chi connectivity index (χ0) is 15.5. The van der Waals surface area contributed by atoms with Crippen molar-refractivity contribution >= 4 is 11.0 Å². The lowest BCUT2D eigenvalue weighted by Gasteiger charge is -2.05. The number of hydrogen-bond acceptors (Lipinski definition) is 3. The average molecular weight is 294 g/mol. The molecule has 3 rings (SSSR count). The van der Waals surface area contributed by atoms with Crippen molar-refractivity contribution in [1.82, 2.24) is 0 Å². The van der Waals surface area contributed by atoms with Crippen LogP contribution in [0.1, 0.15) is 16.9 Å². The summed E-state index contributed by atoms with van der Waals surface area (Å²) in [6.07, 6.45) is 1.52. The van der Waals surface area contributed by atoms with Crippen LogP contribution in [0.5, 0.6) is 5.75 Å². The van der Waals surface area contributed by atoms with Crippen LogP contribution in [0.25, 0.3) is 11.0 Å². The Bertz CT molecular complexity index is 845. The topological polar surface area (TPSA) is 39.4 Å². The maximum atomic E-state index is 12.2. The van der Waals surface area contributed by atoms with Gasteiger partial charge >= 0.3 is 0 Å². The molecule has 0 aliphatic heterocycles. The van der Waals surface area contributed by atoms with Crippen molar-refractivity contribution in [3.63, 3.8) is 0 Å². The Labute approximate surface area is 129 Å². The molecule has 0 saturated carbocycles. The van der Waals surface area contributed by atoms with Crippen molar-refractivity contribution in [1.29, 1.82) is 0 Å². The van der Waals surface area contributed by atoms with Gasteiger partial charge in [-0.05, 0) is 43.2 Å². The van der Waals surface area contributed by atoms with Crippen molar-refractivity contribution < 1.29 is 9.15 Å². The second-order valence-corrected chi connectivity index (χ2v) is 5.42. The van der Waals surface area contributed by atoms with E-state index in [4.69, 9.17) is 9.15 Å². The van der Waals surface area contributed by atoms with Gasteiger partial charge in [-0.2, -0.15) is 0 Å². The molecule has 0 spiro atoms. The fourth-order valence-electron chi connectivity index (χ4n) is 2.50. The van der Waals surface area contributed by atoms with E-state index in [1.165, 1.54) is 5.56 Å². The standard InChI is InChI=1S/C19H18O3/c1-13-3-10-19-17(11-13)18(20)12-16(22-19)9-6-14-4-7-15(21-2)8-5-14/h3-5,7-8,10-12H,6,9H2,1-2H3. The Balaban J connectivity index is 1.81. The van der Waals surface area contributed by atoms with Crippen LogP contribution in [0, 0.1) is 6.92 Å². The van der Waals surface area contributed by atoms with Crippen LogP contribution in [0.4, 0.5) is 0 Å². The number of rotatable bonds is 4. The highest BCUT2D eigenvalue weighted by Gasteiger charge is 2.05. The van der Waals surface area contributed by atoms with Crippen LogP contribution in [-0.4, -0.2) is 7.11 Å². The third-order valence-corrected chi connectivity index (χ3v) is 3.75. The lowest BCUT2D eigenvalue weighted by molar-refractivity contribution is 0.414. The van der Waals surface area contributed by atoms with E-state index < -0.39 is 0 Å². The fraction of sp³-hybridized carbons (Fsp3) is 0.211. The highest BCUT2D eigenvalue weighted by Crippen LogP contribution is 2.17. The monoisotopic (exact) mass is 294 g/mol. The van der Waals surface area contributed by atoms with E-state index in [-0.39, 0.29) is 5.43 Å². The fourth-order valence-corrected chi connectivity index (χ4v) is 2.50. The Morgan fingerprint density at radius 1 is 1.00 bits per heavy atom. The summed E-state index contributed by atoms with van der Waals surface area (Å²) in [5, 5.41) is 0.646. The first-order valence-electron chi connectivity index (χ1n) is 7.32. The van der Waals surface area contributed by atoms with Gasteiger partial charge in [-0.1, -0.05) is 23.8 Å². The van der Waals surface area contributed by atoms with Gasteiger partial charge < -0.3 is 9.15 Å². The Morgan fingerprint density at radius 3 is 2.50 bits per heavy atom. The van der Waals surface area contributed by atoms with Crippen LogP contribution >= 0.6 is 0 Å². The normalized spacial score (nSPS) is 10.8. The van der Waals surface area contributed by atoms with Gasteiger partial charge in [-0.15, -0.1) is 0 Å². The van der Waals surface area contributed by atoms with Crippen molar-refractivity contribution in [3.05, 3.63) is 75.6 Å². The minimum atomic E-state index is 0.0229. The van der Waals surface area contributed by atoms with Crippen LogP contribution in [0.2, 0.25) is 0 Å². The molecular weight excluding hydrogens is 276 g/mol.